The van der Waals surface area contributed by atoms with E-state index in [9.17, 15) is 9.59 Å². The van der Waals surface area contributed by atoms with E-state index in [1.165, 1.54) is 0 Å². The molecule has 0 spiro atoms. The molecule has 3 heterocycles. The highest BCUT2D eigenvalue weighted by molar-refractivity contribution is 5.85. The largest absolute Gasteiger partial charge is 0.356 e. The number of piperidine rings is 1. The van der Waals surface area contributed by atoms with E-state index in [-0.39, 0.29) is 18.2 Å². The van der Waals surface area contributed by atoms with E-state index in [1.54, 1.807) is 18.6 Å². The van der Waals surface area contributed by atoms with Crippen molar-refractivity contribution >= 4 is 11.8 Å². The Morgan fingerprint density at radius 3 is 2.64 bits per heavy atom. The molecule has 3 aromatic rings. The zero-order valence-electron chi connectivity index (χ0n) is 19.0. The normalized spacial score (nSPS) is 18.0. The highest BCUT2D eigenvalue weighted by Crippen LogP contribution is 2.35. The number of pyridine rings is 2. The van der Waals surface area contributed by atoms with Gasteiger partial charge in [0.2, 0.25) is 11.8 Å². The average molecular weight is 443 g/mol. The summed E-state index contributed by atoms with van der Waals surface area (Å²) in [6, 6.07) is 17.9. The SMILES string of the molecule is CCNC(=O)[C@]1(Cc2cccc(-c3ccncc3)c2)CCCN(C(=O)Cc2ccccn2)C1. The fraction of sp³-hybridized carbons (Fsp3) is 0.333. The van der Waals surface area contributed by atoms with Crippen LogP contribution in [-0.4, -0.2) is 46.3 Å². The Hall–Kier alpha value is -3.54. The molecule has 6 nitrogen and oxygen atoms in total. The number of aromatic nitrogens is 2. The predicted octanol–water partition coefficient (Wildman–Crippen LogP) is 3.67. The number of rotatable bonds is 7. The van der Waals surface area contributed by atoms with Crippen molar-refractivity contribution in [3.05, 3.63) is 84.4 Å². The Bertz CT molecular complexity index is 1090. The fourth-order valence-corrected chi connectivity index (χ4v) is 4.67. The molecule has 4 rings (SSSR count). The first-order valence-corrected chi connectivity index (χ1v) is 11.5. The first kappa shape index (κ1) is 22.6. The molecule has 1 atom stereocenters. The van der Waals surface area contributed by atoms with Gasteiger partial charge in [-0.2, -0.15) is 0 Å². The maximum Gasteiger partial charge on any atom is 0.228 e. The number of hydrogen-bond donors (Lipinski definition) is 1. The lowest BCUT2D eigenvalue weighted by atomic mass is 9.74. The van der Waals surface area contributed by atoms with Gasteiger partial charge >= 0.3 is 0 Å². The van der Waals surface area contributed by atoms with Crippen LogP contribution >= 0.6 is 0 Å². The second kappa shape index (κ2) is 10.4. The van der Waals surface area contributed by atoms with Gasteiger partial charge in [-0.1, -0.05) is 30.3 Å². The molecule has 0 radical (unpaired) electrons. The Morgan fingerprint density at radius 2 is 1.88 bits per heavy atom. The summed E-state index contributed by atoms with van der Waals surface area (Å²) in [5, 5.41) is 3.03. The number of carbonyl (C=O) groups excluding carboxylic acids is 2. The lowest BCUT2D eigenvalue weighted by molar-refractivity contribution is -0.141. The van der Waals surface area contributed by atoms with Crippen molar-refractivity contribution in [3.63, 3.8) is 0 Å². The molecule has 33 heavy (non-hydrogen) atoms. The Morgan fingerprint density at radius 1 is 1.03 bits per heavy atom. The number of hydrogen-bond acceptors (Lipinski definition) is 4. The van der Waals surface area contributed by atoms with E-state index < -0.39 is 5.41 Å². The van der Waals surface area contributed by atoms with Gasteiger partial charge < -0.3 is 10.2 Å². The average Bonchev–Trinajstić information content (AvgIpc) is 2.85. The molecular weight excluding hydrogens is 412 g/mol. The molecule has 1 aliphatic rings. The molecular formula is C27H30N4O2. The number of amides is 2. The van der Waals surface area contributed by atoms with Crippen molar-refractivity contribution in [2.75, 3.05) is 19.6 Å². The quantitative estimate of drug-likeness (QED) is 0.606. The summed E-state index contributed by atoms with van der Waals surface area (Å²) < 4.78 is 0. The van der Waals surface area contributed by atoms with Crippen LogP contribution in [0.25, 0.3) is 11.1 Å². The molecule has 0 aliphatic carbocycles. The van der Waals surface area contributed by atoms with Crippen molar-refractivity contribution in [1.82, 2.24) is 20.2 Å². The molecule has 170 valence electrons. The summed E-state index contributed by atoms with van der Waals surface area (Å²) in [5.74, 6) is 0.0438. The third-order valence-corrected chi connectivity index (χ3v) is 6.29. The maximum absolute atomic E-state index is 13.3. The first-order valence-electron chi connectivity index (χ1n) is 11.5. The van der Waals surface area contributed by atoms with Crippen LogP contribution in [-0.2, 0) is 22.4 Å². The van der Waals surface area contributed by atoms with Gasteiger partial charge in [-0.25, -0.2) is 0 Å². The molecule has 1 aliphatic heterocycles. The molecule has 0 unspecified atom stereocenters. The summed E-state index contributed by atoms with van der Waals surface area (Å²) in [7, 11) is 0. The van der Waals surface area contributed by atoms with Crippen LogP contribution in [0.1, 0.15) is 31.0 Å². The molecule has 2 amide bonds. The summed E-state index contributed by atoms with van der Waals surface area (Å²) >= 11 is 0. The minimum atomic E-state index is -0.648. The van der Waals surface area contributed by atoms with Gasteiger partial charge in [-0.3, -0.25) is 19.6 Å². The van der Waals surface area contributed by atoms with Crippen LogP contribution in [0.5, 0.6) is 0 Å². The molecule has 0 saturated carbocycles. The molecule has 2 aromatic heterocycles. The topological polar surface area (TPSA) is 75.2 Å². The summed E-state index contributed by atoms with van der Waals surface area (Å²) in [4.78, 5) is 36.7. The zero-order valence-corrected chi connectivity index (χ0v) is 19.0. The van der Waals surface area contributed by atoms with Crippen molar-refractivity contribution in [3.8, 4) is 11.1 Å². The number of likely N-dealkylation sites (tertiary alicyclic amines) is 1. The summed E-state index contributed by atoms with van der Waals surface area (Å²) in [6.45, 7) is 3.59. The van der Waals surface area contributed by atoms with E-state index in [0.717, 1.165) is 35.2 Å². The lowest BCUT2D eigenvalue weighted by Crippen LogP contribution is -2.54. The number of carbonyl (C=O) groups is 2. The fourth-order valence-electron chi connectivity index (χ4n) is 4.67. The number of nitrogens with zero attached hydrogens (tertiary/aromatic N) is 3. The molecule has 1 saturated heterocycles. The van der Waals surface area contributed by atoms with Crippen molar-refractivity contribution in [2.45, 2.75) is 32.6 Å². The Labute approximate surface area is 195 Å². The van der Waals surface area contributed by atoms with Gasteiger partial charge in [0, 0.05) is 43.9 Å². The van der Waals surface area contributed by atoms with E-state index in [4.69, 9.17) is 0 Å². The van der Waals surface area contributed by atoms with Gasteiger partial charge in [0.25, 0.3) is 0 Å². The van der Waals surface area contributed by atoms with Crippen LogP contribution in [0.15, 0.2) is 73.2 Å². The second-order valence-corrected chi connectivity index (χ2v) is 8.67. The van der Waals surface area contributed by atoms with Crippen LogP contribution in [0.2, 0.25) is 0 Å². The van der Waals surface area contributed by atoms with Gasteiger partial charge in [0.15, 0.2) is 0 Å². The van der Waals surface area contributed by atoms with Crippen LogP contribution in [0.3, 0.4) is 0 Å². The summed E-state index contributed by atoms with van der Waals surface area (Å²) in [5.41, 5.74) is 3.39. The van der Waals surface area contributed by atoms with E-state index in [0.29, 0.717) is 26.1 Å². The standard InChI is InChI=1S/C27H30N4O2/c1-2-29-26(33)27(19-21-7-5-8-23(17-21)22-10-14-28-15-11-22)12-6-16-31(20-27)25(32)18-24-9-3-4-13-30-24/h3-5,7-11,13-15,17H,2,6,12,16,18-20H2,1H3,(H,29,33)/t27-/m0/s1. The van der Waals surface area contributed by atoms with E-state index >= 15 is 0 Å². The minimum Gasteiger partial charge on any atom is -0.356 e. The highest BCUT2D eigenvalue weighted by atomic mass is 16.2. The Kier molecular flexibility index (Phi) is 7.13. The Balaban J connectivity index is 1.57. The van der Waals surface area contributed by atoms with Crippen molar-refractivity contribution < 1.29 is 9.59 Å². The molecule has 0 bridgehead atoms. The molecule has 6 heteroatoms. The van der Waals surface area contributed by atoms with Crippen molar-refractivity contribution in [2.24, 2.45) is 5.41 Å². The van der Waals surface area contributed by atoms with E-state index in [1.807, 2.05) is 48.2 Å². The monoisotopic (exact) mass is 442 g/mol. The van der Waals surface area contributed by atoms with Crippen LogP contribution in [0, 0.1) is 5.41 Å². The van der Waals surface area contributed by atoms with Gasteiger partial charge in [0.05, 0.1) is 11.8 Å². The van der Waals surface area contributed by atoms with Gasteiger partial charge in [0.1, 0.15) is 0 Å². The van der Waals surface area contributed by atoms with E-state index in [2.05, 4.69) is 33.5 Å². The minimum absolute atomic E-state index is 0.0209. The smallest absolute Gasteiger partial charge is 0.228 e. The second-order valence-electron chi connectivity index (χ2n) is 8.67. The third-order valence-electron chi connectivity index (χ3n) is 6.29. The first-order chi connectivity index (χ1) is 16.1. The van der Waals surface area contributed by atoms with Crippen LogP contribution in [0.4, 0.5) is 0 Å². The predicted molar refractivity (Wildman–Crippen MR) is 128 cm³/mol. The lowest BCUT2D eigenvalue weighted by Gasteiger charge is -2.42. The van der Waals surface area contributed by atoms with Crippen molar-refractivity contribution in [1.29, 1.82) is 0 Å². The highest BCUT2D eigenvalue weighted by Gasteiger charge is 2.43. The maximum atomic E-state index is 13.3. The van der Waals surface area contributed by atoms with Gasteiger partial charge in [-0.15, -0.1) is 0 Å². The number of benzene rings is 1. The zero-order chi connectivity index (χ0) is 23.1. The molecule has 1 N–H and O–H groups in total. The third kappa shape index (κ3) is 5.45. The molecule has 1 fully saturated rings. The van der Waals surface area contributed by atoms with Gasteiger partial charge in [-0.05, 0) is 67.1 Å². The van der Waals surface area contributed by atoms with Crippen LogP contribution < -0.4 is 5.32 Å². The molecule has 1 aromatic carbocycles. The summed E-state index contributed by atoms with van der Waals surface area (Å²) in [6.07, 6.45) is 7.66. The number of nitrogens with one attached hydrogen (secondary N) is 1.